The van der Waals surface area contributed by atoms with Crippen molar-refractivity contribution < 1.29 is 44.2 Å². The van der Waals surface area contributed by atoms with Crippen LogP contribution in [0.5, 0.6) is 0 Å². The lowest BCUT2D eigenvalue weighted by Crippen LogP contribution is -2.31. The van der Waals surface area contributed by atoms with E-state index in [0.717, 1.165) is 139 Å². The first kappa shape index (κ1) is 64.3. The zero-order valence-electron chi connectivity index (χ0n) is 63.8. The van der Waals surface area contributed by atoms with Crippen LogP contribution in [0.25, 0.3) is 177 Å². The summed E-state index contributed by atoms with van der Waals surface area (Å²) in [6, 6.07) is 92.5. The molecule has 0 spiro atoms. The van der Waals surface area contributed by atoms with Gasteiger partial charge < -0.3 is 17.7 Å². The summed E-state index contributed by atoms with van der Waals surface area (Å²) in [5.41, 5.74) is 21.4. The maximum Gasteiger partial charge on any atom is 0.383 e. The molecule has 0 amide bonds. The molecule has 0 saturated heterocycles. The van der Waals surface area contributed by atoms with Crippen LogP contribution in [0.1, 0.15) is 71.3 Å². The van der Waals surface area contributed by atoms with Crippen molar-refractivity contribution >= 4 is 132 Å². The smallest absolute Gasteiger partial charge is 0.383 e. The average Bonchev–Trinajstić information content (AvgIpc) is 1.60. The van der Waals surface area contributed by atoms with Crippen molar-refractivity contribution in [3.05, 3.63) is 306 Å². The van der Waals surface area contributed by atoms with Gasteiger partial charge in [-0.15, -0.1) is 0 Å². The summed E-state index contributed by atoms with van der Waals surface area (Å²) < 4.78 is 79.1. The van der Waals surface area contributed by atoms with E-state index in [1.54, 1.807) is 24.3 Å². The lowest BCUT2D eigenvalue weighted by molar-refractivity contribution is -0.640. The molecule has 0 fully saturated rings. The minimum atomic E-state index is -2.11. The molecule has 0 bridgehead atoms. The van der Waals surface area contributed by atoms with Gasteiger partial charge in [-0.3, -0.25) is 0 Å². The first-order valence-electron chi connectivity index (χ1n) is 37.3. The molecule has 106 heavy (non-hydrogen) atoms. The van der Waals surface area contributed by atoms with Crippen molar-refractivity contribution in [3.63, 3.8) is 0 Å². The first-order chi connectivity index (χ1) is 52.1. The van der Waals surface area contributed by atoms with Gasteiger partial charge in [0.2, 0.25) is 28.5 Å². The van der Waals surface area contributed by atoms with Crippen molar-refractivity contribution in [1.82, 2.24) is 4.98 Å². The number of rotatable bonds is 4. The van der Waals surface area contributed by atoms with Crippen molar-refractivity contribution in [3.8, 4) is 45.0 Å². The fraction of sp³-hybridized carbons (Fsp3) is 0.144. The molecule has 9 nitrogen and oxygen atoms in total. The lowest BCUT2D eigenvalue weighted by atomic mass is 10.0. The lowest BCUT2D eigenvalue weighted by Gasteiger charge is -2.05. The topological polar surface area (TPSA) is 81.0 Å². The van der Waals surface area contributed by atoms with Gasteiger partial charge in [0.05, 0.1) is 27.1 Å². The van der Waals surface area contributed by atoms with E-state index >= 15 is 0 Å². The molecular formula is C97H91N5O4+4. The maximum absolute atomic E-state index is 7.63. The number of aryl methyl sites for hydroxylation is 10. The van der Waals surface area contributed by atoms with Gasteiger partial charge in [0, 0.05) is 81.7 Å². The number of hydrogen-bond donors (Lipinski definition) is 0. The van der Waals surface area contributed by atoms with Crippen LogP contribution >= 0.6 is 0 Å². The van der Waals surface area contributed by atoms with E-state index in [-0.39, 0.29) is 29.7 Å². The Kier molecular flexibility index (Phi) is 17.5. The number of benzene rings is 11. The van der Waals surface area contributed by atoms with Crippen molar-refractivity contribution in [2.45, 2.75) is 71.1 Å². The van der Waals surface area contributed by atoms with Crippen LogP contribution < -0.4 is 18.3 Å². The molecule has 9 aromatic heterocycles. The number of hydrogen-bond acceptors (Lipinski definition) is 5. The van der Waals surface area contributed by atoms with E-state index in [2.05, 4.69) is 230 Å². The van der Waals surface area contributed by atoms with Crippen LogP contribution in [0.4, 0.5) is 0 Å². The van der Waals surface area contributed by atoms with Crippen molar-refractivity contribution in [1.29, 1.82) is 0 Å². The molecule has 0 aliphatic rings. The number of aromatic nitrogens is 5. The molecule has 20 aromatic rings. The highest BCUT2D eigenvalue weighted by Gasteiger charge is 2.27. The summed E-state index contributed by atoms with van der Waals surface area (Å²) in [6.07, 6.45) is 0. The Labute approximate surface area is 628 Å². The van der Waals surface area contributed by atoms with Gasteiger partial charge in [0.1, 0.15) is 50.3 Å². The zero-order chi connectivity index (χ0) is 74.6. The van der Waals surface area contributed by atoms with Gasteiger partial charge in [0.15, 0.2) is 0 Å². The Balaban J connectivity index is 0.000000129. The summed E-state index contributed by atoms with van der Waals surface area (Å²) in [5, 5.41) is 17.1. The third-order valence-corrected chi connectivity index (χ3v) is 20.3. The third-order valence-electron chi connectivity index (χ3n) is 20.3. The zero-order valence-corrected chi connectivity index (χ0v) is 57.8. The Bertz CT molecular complexity index is 6770. The van der Waals surface area contributed by atoms with Gasteiger partial charge in [0.25, 0.3) is 0 Å². The monoisotopic (exact) mass is 1400 g/mol. The number of furan rings is 4. The summed E-state index contributed by atoms with van der Waals surface area (Å²) in [4.78, 5) is 4.67. The van der Waals surface area contributed by atoms with Gasteiger partial charge in [-0.05, 0) is 176 Å². The van der Waals surface area contributed by atoms with Gasteiger partial charge >= 0.3 is 22.9 Å². The second-order valence-electron chi connectivity index (χ2n) is 26.6. The highest BCUT2D eigenvalue weighted by molar-refractivity contribution is 6.18. The molecule has 0 aliphatic carbocycles. The molecule has 0 unspecified atom stereocenters. The fourth-order valence-corrected chi connectivity index (χ4v) is 15.0. The second kappa shape index (κ2) is 28.9. The molecular weight excluding hydrogens is 1300 g/mol. The number of fused-ring (bicyclic) bond motifs is 18. The summed E-state index contributed by atoms with van der Waals surface area (Å²) in [7, 11) is 8.09. The van der Waals surface area contributed by atoms with Crippen LogP contribution in [-0.4, -0.2) is 4.98 Å². The summed E-state index contributed by atoms with van der Waals surface area (Å²) >= 11 is 0. The molecule has 11 aromatic carbocycles. The number of pyridine rings is 5. The van der Waals surface area contributed by atoms with Gasteiger partial charge in [-0.25, -0.2) is 4.98 Å². The molecule has 0 saturated carbocycles. The normalized spacial score (nSPS) is 12.3. The quantitative estimate of drug-likeness (QED) is 0.164. The van der Waals surface area contributed by atoms with Gasteiger partial charge in [-0.1, -0.05) is 205 Å². The van der Waals surface area contributed by atoms with Crippen LogP contribution in [0, 0.1) is 41.4 Å². The maximum atomic E-state index is 7.63. The van der Waals surface area contributed by atoms with Crippen molar-refractivity contribution in [2.24, 2.45) is 28.2 Å². The van der Waals surface area contributed by atoms with E-state index in [0.29, 0.717) is 16.8 Å². The number of nitrogens with zero attached hydrogens (tertiary/aromatic N) is 5. The van der Waals surface area contributed by atoms with Crippen molar-refractivity contribution in [2.75, 3.05) is 0 Å². The van der Waals surface area contributed by atoms with E-state index in [9.17, 15) is 0 Å². The summed E-state index contributed by atoms with van der Waals surface area (Å²) in [6.45, 7) is 3.96. The molecule has 0 atom stereocenters. The minimum Gasteiger partial charge on any atom is -0.404 e. The molecule has 0 radical (unpaired) electrons. The Morgan fingerprint density at radius 3 is 1.25 bits per heavy atom. The highest BCUT2D eigenvalue weighted by Crippen LogP contribution is 2.39. The fourth-order valence-electron chi connectivity index (χ4n) is 15.0. The standard InChI is InChI=1S/C24H20NO.C23H19N2O.2C23H18NO.4CH4/c1-15-8-9-19(16(2)12-15)22-11-10-20-21-13-17-6-4-5-7-18(17)14-23(21)26-24(20)25(22)3;1-14-8-9-17(15(2)12-14)21-11-10-18-19-13-16-6-4-5-7-20(16)24-22(19)26-23(18)25(21)3;1-15-7-3-5-9-17(15)20-13-12-19-22-18-10-6-4-8-16(18)11-14-21(22)25-23(19)24(20)2;1-15-7-3-5-9-17(15)21-14-13-20-19-12-11-16-8-4-6-10-18(16)22(19)25-23(20)24(21)2;;;;/h4-14H,1-3H3;4-13H,1-3H3;2*3-14H,1-2H3;4*1H4/q4*+1;;;;/i2*1D3;;;;;;. The SMILES string of the molecule is C.C.C.C.Cc1ccccc1-c1ccc2c3c(ccc4ccccc43)oc2[n+]1C.Cc1ccccc1-c1ccc2c3ccc4ccccc4c3oc2[n+]1C.[2H]C([2H])([2H])c1ccc(-c2ccc3c4cc5ccccc5cc4oc3[n+]2C)c(C)c1.[2H]C([2H])([2H])c1ccc(-c2ccc3c4cc5ccccc5nc4oc3[n+]2C)c(C)c1. The molecule has 0 aliphatic heterocycles. The van der Waals surface area contributed by atoms with Gasteiger partial charge in [-0.2, -0.15) is 18.3 Å². The average molecular weight is 1400 g/mol. The van der Waals surface area contributed by atoms with Crippen LogP contribution in [-0.2, 0) is 28.2 Å². The number of para-hydroxylation sites is 1. The van der Waals surface area contributed by atoms with Crippen LogP contribution in [0.3, 0.4) is 0 Å². The minimum absolute atomic E-state index is 0. The Morgan fingerprint density at radius 1 is 0.283 bits per heavy atom. The molecule has 9 heteroatoms. The highest BCUT2D eigenvalue weighted by atomic mass is 16.4. The van der Waals surface area contributed by atoms with E-state index in [1.807, 2.05) is 97.7 Å². The molecule has 9 heterocycles. The predicted octanol–water partition coefficient (Wildman–Crippen LogP) is 24.7. The van der Waals surface area contributed by atoms with Crippen LogP contribution in [0.2, 0.25) is 0 Å². The predicted molar refractivity (Wildman–Crippen MR) is 444 cm³/mol. The molecule has 524 valence electrons. The first-order valence-corrected chi connectivity index (χ1v) is 34.3. The van der Waals surface area contributed by atoms with E-state index < -0.39 is 13.7 Å². The van der Waals surface area contributed by atoms with E-state index in [4.69, 9.17) is 25.9 Å². The van der Waals surface area contributed by atoms with E-state index in [1.165, 1.54) is 54.6 Å². The Morgan fingerprint density at radius 2 is 0.689 bits per heavy atom. The molecule has 0 N–H and O–H groups in total. The molecule has 20 rings (SSSR count). The second-order valence-corrected chi connectivity index (χ2v) is 26.6. The van der Waals surface area contributed by atoms with Crippen LogP contribution in [0.15, 0.2) is 291 Å². The Hall–Kier alpha value is -12.6. The largest absolute Gasteiger partial charge is 0.404 e. The third kappa shape index (κ3) is 12.4. The summed E-state index contributed by atoms with van der Waals surface area (Å²) in [5.74, 6) is 0.